The lowest BCUT2D eigenvalue weighted by Crippen LogP contribution is -2.29. The molecule has 5 nitrogen and oxygen atoms in total. The Hall–Kier alpha value is -0.940. The third kappa shape index (κ3) is 3.54. The van der Waals surface area contributed by atoms with Crippen molar-refractivity contribution >= 4 is 0 Å². The molecule has 0 spiro atoms. The van der Waals surface area contributed by atoms with Crippen molar-refractivity contribution in [3.05, 3.63) is 11.7 Å². The highest BCUT2D eigenvalue weighted by Gasteiger charge is 2.21. The Morgan fingerprint density at radius 3 is 2.89 bits per heavy atom. The maximum absolute atomic E-state index is 5.39. The van der Waals surface area contributed by atoms with Gasteiger partial charge in [-0.3, -0.25) is 0 Å². The van der Waals surface area contributed by atoms with E-state index in [1.54, 1.807) is 0 Å². The molecule has 1 aromatic rings. The van der Waals surface area contributed by atoms with Crippen LogP contribution in [-0.4, -0.2) is 36.4 Å². The molecule has 1 aromatic heterocycles. The van der Waals surface area contributed by atoms with E-state index in [-0.39, 0.29) is 0 Å². The van der Waals surface area contributed by atoms with E-state index in [2.05, 4.69) is 15.5 Å². The second kappa shape index (κ2) is 6.48. The second-order valence-electron chi connectivity index (χ2n) is 5.68. The summed E-state index contributed by atoms with van der Waals surface area (Å²) in [5.41, 5.74) is 0. The molecule has 1 unspecified atom stereocenters. The molecule has 5 heteroatoms. The van der Waals surface area contributed by atoms with E-state index in [9.17, 15) is 0 Å². The summed E-state index contributed by atoms with van der Waals surface area (Å²) in [6.07, 6.45) is 6.73. The lowest BCUT2D eigenvalue weighted by atomic mass is 9.95. The molecular formula is C14H23N3O2. The van der Waals surface area contributed by atoms with Gasteiger partial charge in [0.1, 0.15) is 0 Å². The van der Waals surface area contributed by atoms with Gasteiger partial charge >= 0.3 is 0 Å². The van der Waals surface area contributed by atoms with E-state index in [0.29, 0.717) is 5.92 Å². The normalized spacial score (nSPS) is 25.6. The van der Waals surface area contributed by atoms with Crippen LogP contribution in [0.4, 0.5) is 0 Å². The maximum atomic E-state index is 5.39. The monoisotopic (exact) mass is 265 g/mol. The van der Waals surface area contributed by atoms with Crippen LogP contribution in [-0.2, 0) is 11.2 Å². The minimum Gasteiger partial charge on any atom is -0.381 e. The Labute approximate surface area is 114 Å². The first-order chi connectivity index (χ1) is 9.42. The SMILES string of the molecule is C1CNCC(CCc2nc(C3CCOCC3)no2)C1. The molecule has 19 heavy (non-hydrogen) atoms. The van der Waals surface area contributed by atoms with Crippen molar-refractivity contribution < 1.29 is 9.26 Å². The van der Waals surface area contributed by atoms with Crippen molar-refractivity contribution in [2.45, 2.75) is 44.4 Å². The number of rotatable bonds is 4. The van der Waals surface area contributed by atoms with Crippen LogP contribution in [0.25, 0.3) is 0 Å². The number of nitrogens with zero attached hydrogens (tertiary/aromatic N) is 2. The lowest BCUT2D eigenvalue weighted by Gasteiger charge is -2.21. The Morgan fingerprint density at radius 1 is 1.21 bits per heavy atom. The third-order valence-corrected chi connectivity index (χ3v) is 4.24. The Kier molecular flexibility index (Phi) is 4.45. The first-order valence-electron chi connectivity index (χ1n) is 7.53. The van der Waals surface area contributed by atoms with Gasteiger partial charge in [0.2, 0.25) is 5.89 Å². The van der Waals surface area contributed by atoms with E-state index < -0.39 is 0 Å². The van der Waals surface area contributed by atoms with Crippen LogP contribution in [0.5, 0.6) is 0 Å². The Bertz CT molecular complexity index is 382. The van der Waals surface area contributed by atoms with Crippen molar-refractivity contribution in [2.75, 3.05) is 26.3 Å². The number of aromatic nitrogens is 2. The summed E-state index contributed by atoms with van der Waals surface area (Å²) in [6.45, 7) is 3.95. The third-order valence-electron chi connectivity index (χ3n) is 4.24. The summed E-state index contributed by atoms with van der Waals surface area (Å²) in [4.78, 5) is 4.56. The zero-order valence-electron chi connectivity index (χ0n) is 11.4. The number of nitrogens with one attached hydrogen (secondary N) is 1. The number of aryl methyl sites for hydroxylation is 1. The van der Waals surface area contributed by atoms with Crippen LogP contribution in [0, 0.1) is 5.92 Å². The van der Waals surface area contributed by atoms with E-state index in [1.165, 1.54) is 19.4 Å². The predicted molar refractivity (Wildman–Crippen MR) is 71.0 cm³/mol. The largest absolute Gasteiger partial charge is 0.381 e. The molecule has 3 heterocycles. The molecule has 2 saturated heterocycles. The van der Waals surface area contributed by atoms with Gasteiger partial charge in [-0.2, -0.15) is 4.98 Å². The summed E-state index contributed by atoms with van der Waals surface area (Å²) in [6, 6.07) is 0. The first kappa shape index (κ1) is 13.1. The average molecular weight is 265 g/mol. The van der Waals surface area contributed by atoms with Gasteiger partial charge in [-0.25, -0.2) is 0 Å². The van der Waals surface area contributed by atoms with Crippen LogP contribution in [0.15, 0.2) is 4.52 Å². The van der Waals surface area contributed by atoms with Crippen LogP contribution >= 0.6 is 0 Å². The molecule has 0 aliphatic carbocycles. The minimum absolute atomic E-state index is 0.433. The number of hydrogen-bond acceptors (Lipinski definition) is 5. The molecule has 2 fully saturated rings. The number of piperidine rings is 1. The summed E-state index contributed by atoms with van der Waals surface area (Å²) in [7, 11) is 0. The van der Waals surface area contributed by atoms with Gasteiger partial charge in [0, 0.05) is 25.6 Å². The molecular weight excluding hydrogens is 242 g/mol. The number of hydrogen-bond donors (Lipinski definition) is 1. The second-order valence-corrected chi connectivity index (χ2v) is 5.68. The van der Waals surface area contributed by atoms with Crippen LogP contribution in [0.3, 0.4) is 0 Å². The fourth-order valence-corrected chi connectivity index (χ4v) is 2.99. The minimum atomic E-state index is 0.433. The fourth-order valence-electron chi connectivity index (χ4n) is 2.99. The summed E-state index contributed by atoms with van der Waals surface area (Å²) in [5.74, 6) is 2.90. The molecule has 106 valence electrons. The van der Waals surface area contributed by atoms with Crippen LogP contribution in [0.2, 0.25) is 0 Å². The molecule has 2 aliphatic rings. The van der Waals surface area contributed by atoms with Crippen molar-refractivity contribution in [1.82, 2.24) is 15.5 Å². The van der Waals surface area contributed by atoms with E-state index >= 15 is 0 Å². The van der Waals surface area contributed by atoms with Gasteiger partial charge in [-0.05, 0) is 51.1 Å². The summed E-state index contributed by atoms with van der Waals surface area (Å²) in [5, 5.41) is 7.59. The quantitative estimate of drug-likeness (QED) is 0.901. The Balaban J connectivity index is 1.49. The molecule has 0 amide bonds. The molecule has 1 N–H and O–H groups in total. The highest BCUT2D eigenvalue weighted by atomic mass is 16.5. The van der Waals surface area contributed by atoms with Gasteiger partial charge in [0.05, 0.1) is 0 Å². The molecule has 3 rings (SSSR count). The molecule has 0 bridgehead atoms. The average Bonchev–Trinajstić information content (AvgIpc) is 2.96. The van der Waals surface area contributed by atoms with E-state index in [0.717, 1.165) is 63.1 Å². The molecule has 2 aliphatic heterocycles. The maximum Gasteiger partial charge on any atom is 0.226 e. The fraction of sp³-hybridized carbons (Fsp3) is 0.857. The topological polar surface area (TPSA) is 60.2 Å². The van der Waals surface area contributed by atoms with Gasteiger partial charge in [0.25, 0.3) is 0 Å². The van der Waals surface area contributed by atoms with Crippen molar-refractivity contribution in [3.63, 3.8) is 0 Å². The van der Waals surface area contributed by atoms with Gasteiger partial charge in [-0.15, -0.1) is 0 Å². The smallest absolute Gasteiger partial charge is 0.226 e. The van der Waals surface area contributed by atoms with Gasteiger partial charge < -0.3 is 14.6 Å². The molecule has 0 radical (unpaired) electrons. The van der Waals surface area contributed by atoms with Crippen molar-refractivity contribution in [1.29, 1.82) is 0 Å². The predicted octanol–water partition coefficient (Wildman–Crippen LogP) is 1.90. The van der Waals surface area contributed by atoms with Crippen molar-refractivity contribution in [2.24, 2.45) is 5.92 Å². The van der Waals surface area contributed by atoms with Gasteiger partial charge in [-0.1, -0.05) is 5.16 Å². The highest BCUT2D eigenvalue weighted by Crippen LogP contribution is 2.25. The zero-order chi connectivity index (χ0) is 12.9. The number of ether oxygens (including phenoxy) is 1. The van der Waals surface area contributed by atoms with E-state index in [1.807, 2.05) is 0 Å². The molecule has 0 saturated carbocycles. The van der Waals surface area contributed by atoms with Crippen molar-refractivity contribution in [3.8, 4) is 0 Å². The zero-order valence-corrected chi connectivity index (χ0v) is 11.4. The lowest BCUT2D eigenvalue weighted by molar-refractivity contribution is 0.0830. The Morgan fingerprint density at radius 2 is 2.11 bits per heavy atom. The van der Waals surface area contributed by atoms with E-state index in [4.69, 9.17) is 9.26 Å². The standard InChI is InChI=1S/C14H23N3O2/c1-2-11(10-15-7-1)3-4-13-16-14(17-19-13)12-5-8-18-9-6-12/h11-12,15H,1-10H2. The van der Waals surface area contributed by atoms with Gasteiger partial charge in [0.15, 0.2) is 5.82 Å². The molecule has 1 atom stereocenters. The van der Waals surface area contributed by atoms with Crippen LogP contribution < -0.4 is 5.32 Å². The summed E-state index contributed by atoms with van der Waals surface area (Å²) >= 11 is 0. The van der Waals surface area contributed by atoms with Crippen LogP contribution in [0.1, 0.15) is 49.7 Å². The molecule has 0 aromatic carbocycles. The first-order valence-corrected chi connectivity index (χ1v) is 7.53. The summed E-state index contributed by atoms with van der Waals surface area (Å²) < 4.78 is 10.7. The highest BCUT2D eigenvalue weighted by molar-refractivity contribution is 4.96.